The van der Waals surface area contributed by atoms with Crippen LogP contribution in [0, 0.1) is 13.8 Å². The van der Waals surface area contributed by atoms with Crippen LogP contribution in [-0.2, 0) is 4.74 Å². The van der Waals surface area contributed by atoms with E-state index in [0.717, 1.165) is 0 Å². The molecule has 0 spiro atoms. The van der Waals surface area contributed by atoms with E-state index in [1.54, 1.807) is 39.0 Å². The van der Waals surface area contributed by atoms with Crippen LogP contribution in [0.4, 0.5) is 0 Å². The Morgan fingerprint density at radius 2 is 1.88 bits per heavy atom. The third kappa shape index (κ3) is 4.15. The standard InChI is InChI=1S/C19H21NO5/c1-5-24-19(23)14-7-6-8-15(9-14)25-10-16(22)18-11(2)17(13(4)21)12(3)20-18/h6-9,20H,5,10H2,1-4H3. The Morgan fingerprint density at radius 1 is 1.16 bits per heavy atom. The molecule has 1 N–H and O–H groups in total. The van der Waals surface area contributed by atoms with Gasteiger partial charge in [-0.25, -0.2) is 4.79 Å². The molecule has 0 saturated heterocycles. The van der Waals surface area contributed by atoms with Gasteiger partial charge >= 0.3 is 5.97 Å². The van der Waals surface area contributed by atoms with E-state index in [2.05, 4.69) is 4.98 Å². The molecule has 0 saturated carbocycles. The Morgan fingerprint density at radius 3 is 2.48 bits per heavy atom. The van der Waals surface area contributed by atoms with Crippen molar-refractivity contribution in [2.75, 3.05) is 13.2 Å². The highest BCUT2D eigenvalue weighted by atomic mass is 16.5. The summed E-state index contributed by atoms with van der Waals surface area (Å²) in [5.41, 5.74) is 2.55. The smallest absolute Gasteiger partial charge is 0.338 e. The van der Waals surface area contributed by atoms with E-state index in [9.17, 15) is 14.4 Å². The minimum atomic E-state index is -0.443. The lowest BCUT2D eigenvalue weighted by Crippen LogP contribution is -2.14. The molecule has 0 aliphatic heterocycles. The zero-order valence-corrected chi connectivity index (χ0v) is 14.8. The van der Waals surface area contributed by atoms with E-state index in [4.69, 9.17) is 9.47 Å². The summed E-state index contributed by atoms with van der Waals surface area (Å²) in [7, 11) is 0. The van der Waals surface area contributed by atoms with Gasteiger partial charge in [0.25, 0.3) is 0 Å². The maximum absolute atomic E-state index is 12.4. The van der Waals surface area contributed by atoms with Gasteiger partial charge in [0.05, 0.1) is 17.9 Å². The third-order valence-electron chi connectivity index (χ3n) is 3.78. The number of Topliss-reactive ketones (excluding diaryl/α,β-unsaturated/α-hetero) is 2. The number of rotatable bonds is 7. The number of esters is 1. The van der Waals surface area contributed by atoms with Crippen LogP contribution >= 0.6 is 0 Å². The fourth-order valence-electron chi connectivity index (χ4n) is 2.71. The van der Waals surface area contributed by atoms with Gasteiger partial charge in [-0.05, 0) is 51.5 Å². The summed E-state index contributed by atoms with van der Waals surface area (Å²) in [6.07, 6.45) is 0. The van der Waals surface area contributed by atoms with Crippen molar-refractivity contribution in [1.29, 1.82) is 0 Å². The van der Waals surface area contributed by atoms with Gasteiger partial charge in [-0.3, -0.25) is 9.59 Å². The summed E-state index contributed by atoms with van der Waals surface area (Å²) in [6, 6.07) is 6.46. The number of hydrogen-bond acceptors (Lipinski definition) is 5. The quantitative estimate of drug-likeness (QED) is 0.616. The molecular weight excluding hydrogens is 322 g/mol. The first-order chi connectivity index (χ1) is 11.8. The number of H-pyrrole nitrogens is 1. The Bertz CT molecular complexity index is 819. The van der Waals surface area contributed by atoms with Gasteiger partial charge in [-0.2, -0.15) is 0 Å². The van der Waals surface area contributed by atoms with E-state index in [1.165, 1.54) is 13.0 Å². The molecule has 0 bridgehead atoms. The summed E-state index contributed by atoms with van der Waals surface area (Å²) < 4.78 is 10.4. The van der Waals surface area contributed by atoms with Crippen LogP contribution in [0.25, 0.3) is 0 Å². The van der Waals surface area contributed by atoms with Crippen molar-refractivity contribution >= 4 is 17.5 Å². The molecule has 2 aromatic rings. The lowest BCUT2D eigenvalue weighted by Gasteiger charge is -2.07. The maximum Gasteiger partial charge on any atom is 0.338 e. The number of ether oxygens (including phenoxy) is 2. The van der Waals surface area contributed by atoms with Gasteiger partial charge in [-0.15, -0.1) is 0 Å². The highest BCUT2D eigenvalue weighted by Crippen LogP contribution is 2.20. The molecule has 0 aliphatic rings. The molecule has 2 rings (SSSR count). The monoisotopic (exact) mass is 343 g/mol. The highest BCUT2D eigenvalue weighted by molar-refractivity contribution is 6.03. The average Bonchev–Trinajstić information content (AvgIpc) is 2.88. The number of carbonyl (C=O) groups is 3. The molecule has 25 heavy (non-hydrogen) atoms. The minimum Gasteiger partial charge on any atom is -0.485 e. The van der Waals surface area contributed by atoms with Crippen molar-refractivity contribution in [3.05, 3.63) is 52.3 Å². The van der Waals surface area contributed by atoms with E-state index in [0.29, 0.717) is 33.8 Å². The van der Waals surface area contributed by atoms with E-state index in [1.807, 2.05) is 0 Å². The number of hydrogen-bond donors (Lipinski definition) is 1. The molecule has 0 radical (unpaired) electrons. The molecular formula is C19H21NO5. The number of benzene rings is 1. The first-order valence-corrected chi connectivity index (χ1v) is 7.98. The van der Waals surface area contributed by atoms with Gasteiger partial charge in [0.15, 0.2) is 12.4 Å². The Kier molecular flexibility index (Phi) is 5.75. The SMILES string of the molecule is CCOC(=O)c1cccc(OCC(=O)c2[nH]c(C)c(C(C)=O)c2C)c1. The minimum absolute atomic E-state index is 0.0895. The van der Waals surface area contributed by atoms with Crippen molar-refractivity contribution in [3.63, 3.8) is 0 Å². The molecule has 1 heterocycles. The lowest BCUT2D eigenvalue weighted by molar-refractivity contribution is 0.0525. The van der Waals surface area contributed by atoms with Crippen LogP contribution in [0.3, 0.4) is 0 Å². The highest BCUT2D eigenvalue weighted by Gasteiger charge is 2.20. The Hall–Kier alpha value is -2.89. The van der Waals surface area contributed by atoms with E-state index in [-0.39, 0.29) is 24.8 Å². The molecule has 1 aromatic heterocycles. The second kappa shape index (κ2) is 7.79. The summed E-state index contributed by atoms with van der Waals surface area (Å²) >= 11 is 0. The van der Waals surface area contributed by atoms with Crippen LogP contribution in [0.5, 0.6) is 5.75 Å². The zero-order chi connectivity index (χ0) is 18.6. The number of nitrogens with one attached hydrogen (secondary N) is 1. The van der Waals surface area contributed by atoms with Crippen molar-refractivity contribution in [2.24, 2.45) is 0 Å². The molecule has 0 atom stereocenters. The van der Waals surface area contributed by atoms with Gasteiger partial charge in [0, 0.05) is 11.3 Å². The molecule has 0 unspecified atom stereocenters. The molecule has 0 aliphatic carbocycles. The first-order valence-electron chi connectivity index (χ1n) is 7.98. The number of carbonyl (C=O) groups excluding carboxylic acids is 3. The lowest BCUT2D eigenvalue weighted by atomic mass is 10.1. The topological polar surface area (TPSA) is 85.5 Å². The maximum atomic E-state index is 12.4. The second-order valence-corrected chi connectivity index (χ2v) is 5.64. The molecule has 0 fully saturated rings. The number of aromatic amines is 1. The second-order valence-electron chi connectivity index (χ2n) is 5.64. The van der Waals surface area contributed by atoms with Crippen LogP contribution in [0.2, 0.25) is 0 Å². The largest absolute Gasteiger partial charge is 0.485 e. The summed E-state index contributed by atoms with van der Waals surface area (Å²) in [6.45, 7) is 6.76. The fraction of sp³-hybridized carbons (Fsp3) is 0.316. The Labute approximate surface area is 146 Å². The average molecular weight is 343 g/mol. The van der Waals surface area contributed by atoms with Crippen LogP contribution in [0.1, 0.15) is 56.3 Å². The third-order valence-corrected chi connectivity index (χ3v) is 3.78. The number of aryl methyl sites for hydroxylation is 1. The normalized spacial score (nSPS) is 10.4. The molecule has 132 valence electrons. The predicted molar refractivity (Wildman–Crippen MR) is 92.5 cm³/mol. The molecule has 1 aromatic carbocycles. The van der Waals surface area contributed by atoms with Crippen LogP contribution in [0.15, 0.2) is 24.3 Å². The predicted octanol–water partition coefficient (Wildman–Crippen LogP) is 3.27. The summed E-state index contributed by atoms with van der Waals surface area (Å²) in [5, 5.41) is 0. The van der Waals surface area contributed by atoms with E-state index < -0.39 is 5.97 Å². The van der Waals surface area contributed by atoms with Crippen molar-refractivity contribution in [3.8, 4) is 5.75 Å². The van der Waals surface area contributed by atoms with Gasteiger partial charge in [0.1, 0.15) is 5.75 Å². The molecule has 6 heteroatoms. The van der Waals surface area contributed by atoms with Gasteiger partial charge in [0.2, 0.25) is 5.78 Å². The zero-order valence-electron chi connectivity index (χ0n) is 14.8. The van der Waals surface area contributed by atoms with Gasteiger partial charge in [-0.1, -0.05) is 6.07 Å². The summed E-state index contributed by atoms with van der Waals surface area (Å²) in [5.74, 6) is -0.407. The van der Waals surface area contributed by atoms with E-state index >= 15 is 0 Å². The number of aromatic nitrogens is 1. The fourth-order valence-corrected chi connectivity index (χ4v) is 2.71. The summed E-state index contributed by atoms with van der Waals surface area (Å²) in [4.78, 5) is 38.7. The molecule has 0 amide bonds. The van der Waals surface area contributed by atoms with Crippen molar-refractivity contribution in [2.45, 2.75) is 27.7 Å². The van der Waals surface area contributed by atoms with Crippen LogP contribution in [-0.4, -0.2) is 35.7 Å². The van der Waals surface area contributed by atoms with Crippen molar-refractivity contribution in [1.82, 2.24) is 4.98 Å². The molecule has 6 nitrogen and oxygen atoms in total. The number of ketones is 2. The van der Waals surface area contributed by atoms with Crippen molar-refractivity contribution < 1.29 is 23.9 Å². The van der Waals surface area contributed by atoms with Gasteiger partial charge < -0.3 is 14.5 Å². The van der Waals surface area contributed by atoms with Crippen LogP contribution < -0.4 is 4.74 Å². The first kappa shape index (κ1) is 18.4. The Balaban J connectivity index is 2.11.